The van der Waals surface area contributed by atoms with Crippen LogP contribution < -0.4 is 10.6 Å². The normalized spacial score (nSPS) is 11.2. The number of halogens is 3. The van der Waals surface area contributed by atoms with E-state index in [-0.39, 0.29) is 29.8 Å². The number of aromatic nitrogens is 1. The number of hydrogen-bond acceptors (Lipinski definition) is 3. The second-order valence-corrected chi connectivity index (χ2v) is 6.48. The van der Waals surface area contributed by atoms with Crippen LogP contribution in [0.4, 0.5) is 4.39 Å². The van der Waals surface area contributed by atoms with Crippen molar-refractivity contribution in [2.24, 2.45) is 4.99 Å². The lowest BCUT2D eigenvalue weighted by atomic mass is 10.1. The molecule has 1 aromatic heterocycles. The van der Waals surface area contributed by atoms with E-state index in [1.807, 2.05) is 19.9 Å². The summed E-state index contributed by atoms with van der Waals surface area (Å²) < 4.78 is 19.6. The highest BCUT2D eigenvalue weighted by Gasteiger charge is 2.13. The van der Waals surface area contributed by atoms with Crippen LogP contribution in [0.25, 0.3) is 0 Å². The number of nitrogens with one attached hydrogen (secondary N) is 2. The molecule has 2 N–H and O–H groups in total. The fraction of sp³-hybridized carbons (Fsp3) is 0.444. The molecule has 0 aliphatic rings. The van der Waals surface area contributed by atoms with E-state index in [1.165, 1.54) is 12.1 Å². The molecule has 1 aromatic carbocycles. The van der Waals surface area contributed by atoms with Gasteiger partial charge in [-0.1, -0.05) is 34.9 Å². The third-order valence-electron chi connectivity index (χ3n) is 3.73. The van der Waals surface area contributed by atoms with Crippen molar-refractivity contribution >= 4 is 45.9 Å². The summed E-state index contributed by atoms with van der Waals surface area (Å²) in [5.41, 5.74) is 2.86. The first-order valence-electron chi connectivity index (χ1n) is 8.50. The third-order valence-corrected chi connectivity index (χ3v) is 4.18. The standard InChI is InChI=1S/C18H24BrFN4O.HI/c1-4-16-15(17(5-2)25-24-16)11-23-18(21-6-3)22-10-12-7-13(19)9-14(20)8-12;/h7-9H,4-6,10-11H2,1-3H3,(H2,21,22,23);1H. The first-order valence-corrected chi connectivity index (χ1v) is 9.30. The largest absolute Gasteiger partial charge is 0.361 e. The summed E-state index contributed by atoms with van der Waals surface area (Å²) in [6, 6.07) is 4.78. The molecule has 1 heterocycles. The zero-order chi connectivity index (χ0) is 18.2. The van der Waals surface area contributed by atoms with Crippen LogP contribution in [0.5, 0.6) is 0 Å². The molecule has 0 unspecified atom stereocenters. The molecule has 0 aliphatic heterocycles. The highest BCUT2D eigenvalue weighted by atomic mass is 127. The minimum Gasteiger partial charge on any atom is -0.361 e. The van der Waals surface area contributed by atoms with Crippen LogP contribution in [-0.4, -0.2) is 17.7 Å². The highest BCUT2D eigenvalue weighted by Crippen LogP contribution is 2.16. The van der Waals surface area contributed by atoms with Crippen molar-refractivity contribution in [2.75, 3.05) is 6.54 Å². The van der Waals surface area contributed by atoms with Crippen LogP contribution in [0.1, 0.15) is 43.4 Å². The van der Waals surface area contributed by atoms with Crippen LogP contribution in [0.15, 0.2) is 32.2 Å². The highest BCUT2D eigenvalue weighted by molar-refractivity contribution is 14.0. The van der Waals surface area contributed by atoms with Crippen molar-refractivity contribution in [1.82, 2.24) is 15.8 Å². The van der Waals surface area contributed by atoms with E-state index in [9.17, 15) is 4.39 Å². The van der Waals surface area contributed by atoms with Gasteiger partial charge >= 0.3 is 0 Å². The van der Waals surface area contributed by atoms with Gasteiger partial charge < -0.3 is 15.2 Å². The van der Waals surface area contributed by atoms with E-state index in [4.69, 9.17) is 4.52 Å². The van der Waals surface area contributed by atoms with Gasteiger partial charge in [0, 0.05) is 29.5 Å². The fourth-order valence-corrected chi connectivity index (χ4v) is 3.04. The molecule has 0 saturated heterocycles. The Morgan fingerprint density at radius 3 is 2.58 bits per heavy atom. The van der Waals surface area contributed by atoms with Crippen molar-refractivity contribution in [3.63, 3.8) is 0 Å². The number of hydrogen-bond donors (Lipinski definition) is 2. The lowest BCUT2D eigenvalue weighted by Gasteiger charge is -2.12. The van der Waals surface area contributed by atoms with Gasteiger partial charge in [-0.15, -0.1) is 24.0 Å². The molecule has 2 aromatic rings. The number of rotatable bonds is 7. The van der Waals surface area contributed by atoms with Gasteiger partial charge in [-0.2, -0.15) is 0 Å². The summed E-state index contributed by atoms with van der Waals surface area (Å²) in [7, 11) is 0. The molecule has 0 saturated carbocycles. The van der Waals surface area contributed by atoms with Gasteiger partial charge in [-0.3, -0.25) is 0 Å². The minimum atomic E-state index is -0.276. The van der Waals surface area contributed by atoms with Crippen LogP contribution in [-0.2, 0) is 25.9 Å². The third kappa shape index (κ3) is 6.53. The van der Waals surface area contributed by atoms with Gasteiger partial charge in [-0.05, 0) is 37.1 Å². The van der Waals surface area contributed by atoms with E-state index in [2.05, 4.69) is 43.6 Å². The fourth-order valence-electron chi connectivity index (χ4n) is 2.52. The molecule has 0 spiro atoms. The van der Waals surface area contributed by atoms with E-state index in [0.29, 0.717) is 23.5 Å². The van der Waals surface area contributed by atoms with E-state index < -0.39 is 0 Å². The Labute approximate surface area is 179 Å². The van der Waals surface area contributed by atoms with Crippen LogP contribution in [0, 0.1) is 5.82 Å². The van der Waals surface area contributed by atoms with Gasteiger partial charge in [0.05, 0.1) is 12.2 Å². The van der Waals surface area contributed by atoms with E-state index >= 15 is 0 Å². The molecule has 0 fully saturated rings. The second-order valence-electron chi connectivity index (χ2n) is 5.56. The molecule has 0 bridgehead atoms. The van der Waals surface area contributed by atoms with Crippen molar-refractivity contribution in [3.8, 4) is 0 Å². The Kier molecular flexibility index (Phi) is 10.1. The SMILES string of the molecule is CCNC(=NCc1cc(F)cc(Br)c1)NCc1c(CC)noc1CC.I. The summed E-state index contributed by atoms with van der Waals surface area (Å²) in [6.45, 7) is 7.82. The molecule has 0 amide bonds. The molecule has 0 atom stereocenters. The smallest absolute Gasteiger partial charge is 0.191 e. The zero-order valence-corrected chi connectivity index (χ0v) is 19.2. The minimum absolute atomic E-state index is 0. The Morgan fingerprint density at radius 1 is 1.19 bits per heavy atom. The van der Waals surface area contributed by atoms with Crippen molar-refractivity contribution in [2.45, 2.75) is 46.7 Å². The molecular formula is C18H25BrFIN4O. The molecule has 5 nitrogen and oxygen atoms in total. The van der Waals surface area contributed by atoms with Gasteiger partial charge in [-0.25, -0.2) is 9.38 Å². The summed E-state index contributed by atoms with van der Waals surface area (Å²) in [4.78, 5) is 4.53. The summed E-state index contributed by atoms with van der Waals surface area (Å²) >= 11 is 3.30. The maximum absolute atomic E-state index is 13.5. The number of aryl methyl sites for hydroxylation is 2. The lowest BCUT2D eigenvalue weighted by Crippen LogP contribution is -2.37. The number of aliphatic imine (C=N–C) groups is 1. The molecule has 144 valence electrons. The summed E-state index contributed by atoms with van der Waals surface area (Å²) in [6.07, 6.45) is 1.63. The number of guanidine groups is 1. The Morgan fingerprint density at radius 2 is 1.96 bits per heavy atom. The second kappa shape index (κ2) is 11.5. The average Bonchev–Trinajstić information content (AvgIpc) is 2.98. The molecule has 26 heavy (non-hydrogen) atoms. The molecule has 0 aliphatic carbocycles. The average molecular weight is 539 g/mol. The van der Waals surface area contributed by atoms with Gasteiger partial charge in [0.1, 0.15) is 11.6 Å². The van der Waals surface area contributed by atoms with Gasteiger partial charge in [0.15, 0.2) is 5.96 Å². The Bertz CT molecular complexity index is 694. The monoisotopic (exact) mass is 538 g/mol. The predicted molar refractivity (Wildman–Crippen MR) is 116 cm³/mol. The summed E-state index contributed by atoms with van der Waals surface area (Å²) in [5.74, 6) is 1.30. The van der Waals surface area contributed by atoms with Crippen LogP contribution in [0.3, 0.4) is 0 Å². The predicted octanol–water partition coefficient (Wildman–Crippen LogP) is 4.57. The first-order chi connectivity index (χ1) is 12.1. The number of nitrogens with zero attached hydrogens (tertiary/aromatic N) is 2. The molecule has 8 heteroatoms. The Balaban J connectivity index is 0.00000338. The van der Waals surface area contributed by atoms with E-state index in [0.717, 1.165) is 42.0 Å². The zero-order valence-electron chi connectivity index (χ0n) is 15.2. The summed E-state index contributed by atoms with van der Waals surface area (Å²) in [5, 5.41) is 10.6. The van der Waals surface area contributed by atoms with Crippen molar-refractivity contribution in [3.05, 3.63) is 51.1 Å². The molecular weight excluding hydrogens is 514 g/mol. The van der Waals surface area contributed by atoms with Crippen LogP contribution in [0.2, 0.25) is 0 Å². The molecule has 2 rings (SSSR count). The van der Waals surface area contributed by atoms with Gasteiger partial charge in [0.25, 0.3) is 0 Å². The topological polar surface area (TPSA) is 62.5 Å². The molecule has 0 radical (unpaired) electrons. The van der Waals surface area contributed by atoms with Crippen LogP contribution >= 0.6 is 39.9 Å². The van der Waals surface area contributed by atoms with Crippen molar-refractivity contribution < 1.29 is 8.91 Å². The quantitative estimate of drug-likeness (QED) is 0.308. The maximum atomic E-state index is 13.5. The van der Waals surface area contributed by atoms with Crippen molar-refractivity contribution in [1.29, 1.82) is 0 Å². The van der Waals surface area contributed by atoms with E-state index in [1.54, 1.807) is 0 Å². The van der Waals surface area contributed by atoms with Gasteiger partial charge in [0.2, 0.25) is 0 Å². The maximum Gasteiger partial charge on any atom is 0.191 e. The lowest BCUT2D eigenvalue weighted by molar-refractivity contribution is 0.380. The Hall–Kier alpha value is -1.16. The number of benzene rings is 1. The first kappa shape index (κ1) is 22.9.